The first kappa shape index (κ1) is 14.3. The first-order valence-electron chi connectivity index (χ1n) is 6.64. The van der Waals surface area contributed by atoms with E-state index in [1.165, 1.54) is 0 Å². The lowest BCUT2D eigenvalue weighted by Gasteiger charge is -2.31. The lowest BCUT2D eigenvalue weighted by atomic mass is 9.97. The summed E-state index contributed by atoms with van der Waals surface area (Å²) in [6.45, 7) is 2.26. The molecule has 9 heteroatoms. The summed E-state index contributed by atoms with van der Waals surface area (Å²) in [4.78, 5) is 5.20. The van der Waals surface area contributed by atoms with Gasteiger partial charge in [0, 0.05) is 25.8 Å². The molecule has 0 N–H and O–H groups in total. The summed E-state index contributed by atoms with van der Waals surface area (Å²) in [7, 11) is 0. The molecule has 0 aromatic carbocycles. The van der Waals surface area contributed by atoms with Crippen LogP contribution in [0.15, 0.2) is 18.6 Å². The quantitative estimate of drug-likeness (QED) is 0.873. The van der Waals surface area contributed by atoms with Crippen molar-refractivity contribution in [2.75, 3.05) is 18.0 Å². The Hall–Kier alpha value is -1.64. The zero-order valence-electron chi connectivity index (χ0n) is 11.1. The molecule has 2 aromatic heterocycles. The number of alkyl halides is 3. The summed E-state index contributed by atoms with van der Waals surface area (Å²) in [5.41, 5.74) is 0. The first-order valence-corrected chi connectivity index (χ1v) is 7.46. The number of hydrogen-bond donors (Lipinski definition) is 0. The molecule has 114 valence electrons. The fourth-order valence-electron chi connectivity index (χ4n) is 2.44. The maximum Gasteiger partial charge on any atom is 0.427 e. The van der Waals surface area contributed by atoms with E-state index in [0.29, 0.717) is 22.4 Å². The van der Waals surface area contributed by atoms with E-state index in [1.807, 2.05) is 11.1 Å². The summed E-state index contributed by atoms with van der Waals surface area (Å²) in [5.74, 6) is 0.477. The minimum absolute atomic E-state index is 0.460. The van der Waals surface area contributed by atoms with Crippen LogP contribution in [0.5, 0.6) is 0 Å². The third-order valence-corrected chi connectivity index (χ3v) is 4.68. The number of thiazole rings is 1. The fraction of sp³-hybridized carbons (Fsp3) is 0.583. The second kappa shape index (κ2) is 5.63. The normalized spacial score (nSPS) is 17.4. The average molecular weight is 317 g/mol. The summed E-state index contributed by atoms with van der Waals surface area (Å²) in [6.07, 6.45) is 1.91. The molecule has 0 bridgehead atoms. The van der Waals surface area contributed by atoms with Gasteiger partial charge < -0.3 is 4.90 Å². The molecule has 1 aliphatic heterocycles. The van der Waals surface area contributed by atoms with Crippen molar-refractivity contribution in [3.05, 3.63) is 23.5 Å². The van der Waals surface area contributed by atoms with Crippen molar-refractivity contribution in [3.8, 4) is 0 Å². The van der Waals surface area contributed by atoms with Gasteiger partial charge in [-0.05, 0) is 18.8 Å². The van der Waals surface area contributed by atoms with Gasteiger partial charge in [-0.2, -0.15) is 13.2 Å². The molecule has 0 saturated carbocycles. The molecule has 0 radical (unpaired) electrons. The van der Waals surface area contributed by atoms with Crippen LogP contribution >= 0.6 is 11.3 Å². The molecule has 0 unspecified atom stereocenters. The standard InChI is InChI=1S/C12H14F3N5S/c13-12(14,15)10-7-16-11(21-10)19-4-1-9(2-5-19)8-20-6-3-17-18-20/h3,6-7,9H,1-2,4-5,8H2. The van der Waals surface area contributed by atoms with Crippen LogP contribution in [0, 0.1) is 5.92 Å². The number of halogens is 3. The van der Waals surface area contributed by atoms with Crippen LogP contribution in [0.3, 0.4) is 0 Å². The maximum absolute atomic E-state index is 12.6. The predicted molar refractivity (Wildman–Crippen MR) is 72.1 cm³/mol. The minimum atomic E-state index is -4.30. The van der Waals surface area contributed by atoms with Gasteiger partial charge in [0.1, 0.15) is 4.88 Å². The molecular weight excluding hydrogens is 303 g/mol. The lowest BCUT2D eigenvalue weighted by Crippen LogP contribution is -2.35. The molecule has 0 atom stereocenters. The summed E-state index contributed by atoms with van der Waals surface area (Å²) in [6, 6.07) is 0. The van der Waals surface area contributed by atoms with Gasteiger partial charge in [-0.3, -0.25) is 4.68 Å². The Morgan fingerprint density at radius 3 is 2.62 bits per heavy atom. The summed E-state index contributed by atoms with van der Waals surface area (Å²) < 4.78 is 39.5. The Bertz CT molecular complexity index is 572. The van der Waals surface area contributed by atoms with Gasteiger partial charge in [0.15, 0.2) is 5.13 Å². The molecule has 3 rings (SSSR count). The van der Waals surface area contributed by atoms with E-state index >= 15 is 0 Å². The highest BCUT2D eigenvalue weighted by molar-refractivity contribution is 7.15. The van der Waals surface area contributed by atoms with E-state index in [0.717, 1.165) is 38.7 Å². The van der Waals surface area contributed by atoms with Crippen LogP contribution in [-0.2, 0) is 12.7 Å². The molecule has 2 aromatic rings. The van der Waals surface area contributed by atoms with Crippen molar-refractivity contribution in [1.29, 1.82) is 0 Å². The predicted octanol–water partition coefficient (Wildman–Crippen LogP) is 2.67. The number of piperidine rings is 1. The monoisotopic (exact) mass is 317 g/mol. The van der Waals surface area contributed by atoms with E-state index in [1.54, 1.807) is 10.9 Å². The maximum atomic E-state index is 12.6. The Kier molecular flexibility index (Phi) is 3.83. The number of hydrogen-bond acceptors (Lipinski definition) is 5. The zero-order valence-corrected chi connectivity index (χ0v) is 11.9. The van der Waals surface area contributed by atoms with Crippen molar-refractivity contribution >= 4 is 16.5 Å². The molecule has 1 fully saturated rings. The van der Waals surface area contributed by atoms with Gasteiger partial charge in [-0.15, -0.1) is 5.10 Å². The van der Waals surface area contributed by atoms with E-state index in [2.05, 4.69) is 15.3 Å². The highest BCUT2D eigenvalue weighted by Gasteiger charge is 2.34. The highest BCUT2D eigenvalue weighted by atomic mass is 32.1. The molecule has 21 heavy (non-hydrogen) atoms. The van der Waals surface area contributed by atoms with E-state index in [4.69, 9.17) is 0 Å². The van der Waals surface area contributed by atoms with Gasteiger partial charge in [0.05, 0.1) is 12.4 Å². The van der Waals surface area contributed by atoms with Crippen molar-refractivity contribution in [1.82, 2.24) is 20.0 Å². The average Bonchev–Trinajstić information content (AvgIpc) is 3.09. The summed E-state index contributed by atoms with van der Waals surface area (Å²) >= 11 is 0.715. The zero-order chi connectivity index (χ0) is 14.9. The molecule has 5 nitrogen and oxygen atoms in total. The number of rotatable bonds is 3. The highest BCUT2D eigenvalue weighted by Crippen LogP contribution is 2.37. The summed E-state index contributed by atoms with van der Waals surface area (Å²) in [5, 5.41) is 8.16. The van der Waals surface area contributed by atoms with Crippen LogP contribution in [0.25, 0.3) is 0 Å². The third-order valence-electron chi connectivity index (χ3n) is 3.58. The topological polar surface area (TPSA) is 46.8 Å². The molecule has 0 aliphatic carbocycles. The molecule has 0 spiro atoms. The van der Waals surface area contributed by atoms with Crippen molar-refractivity contribution in [3.63, 3.8) is 0 Å². The van der Waals surface area contributed by atoms with Gasteiger partial charge in [-0.25, -0.2) is 4.98 Å². The largest absolute Gasteiger partial charge is 0.427 e. The molecular formula is C12H14F3N5S. The van der Waals surface area contributed by atoms with Gasteiger partial charge in [0.25, 0.3) is 0 Å². The molecule has 3 heterocycles. The Balaban J connectivity index is 1.57. The SMILES string of the molecule is FC(F)(F)c1cnc(N2CCC(Cn3ccnn3)CC2)s1. The fourth-order valence-corrected chi connectivity index (χ4v) is 3.28. The number of nitrogens with zero attached hydrogens (tertiary/aromatic N) is 5. The van der Waals surface area contributed by atoms with Gasteiger partial charge in [-0.1, -0.05) is 16.6 Å². The van der Waals surface area contributed by atoms with Gasteiger partial charge in [0.2, 0.25) is 0 Å². The van der Waals surface area contributed by atoms with Crippen molar-refractivity contribution in [2.45, 2.75) is 25.6 Å². The molecule has 1 saturated heterocycles. The van der Waals surface area contributed by atoms with E-state index in [9.17, 15) is 13.2 Å². The molecule has 1 aliphatic rings. The number of anilines is 1. The number of aromatic nitrogens is 4. The minimum Gasteiger partial charge on any atom is -0.348 e. The smallest absolute Gasteiger partial charge is 0.348 e. The van der Waals surface area contributed by atoms with Crippen LogP contribution < -0.4 is 4.90 Å². The van der Waals surface area contributed by atoms with Crippen LogP contribution in [0.2, 0.25) is 0 Å². The van der Waals surface area contributed by atoms with E-state index in [-0.39, 0.29) is 0 Å². The second-order valence-corrected chi connectivity index (χ2v) is 6.07. The van der Waals surface area contributed by atoms with Crippen LogP contribution in [0.4, 0.5) is 18.3 Å². The van der Waals surface area contributed by atoms with E-state index < -0.39 is 11.1 Å². The van der Waals surface area contributed by atoms with Gasteiger partial charge >= 0.3 is 6.18 Å². The lowest BCUT2D eigenvalue weighted by molar-refractivity contribution is -0.134. The van der Waals surface area contributed by atoms with Crippen molar-refractivity contribution < 1.29 is 13.2 Å². The van der Waals surface area contributed by atoms with Crippen LogP contribution in [0.1, 0.15) is 17.7 Å². The Morgan fingerprint density at radius 2 is 2.05 bits per heavy atom. The van der Waals surface area contributed by atoms with Crippen LogP contribution in [-0.4, -0.2) is 33.1 Å². The first-order chi connectivity index (χ1) is 10.0. The Morgan fingerprint density at radius 1 is 1.29 bits per heavy atom. The third kappa shape index (κ3) is 3.34. The Labute approximate surface area is 123 Å². The second-order valence-electron chi connectivity index (χ2n) is 5.06. The molecule has 0 amide bonds. The van der Waals surface area contributed by atoms with Crippen molar-refractivity contribution in [2.24, 2.45) is 5.92 Å².